The predicted octanol–water partition coefficient (Wildman–Crippen LogP) is 3.72. The van der Waals surface area contributed by atoms with Crippen LogP contribution in [-0.2, 0) is 17.7 Å². The minimum absolute atomic E-state index is 0.163. The van der Waals surface area contributed by atoms with Gasteiger partial charge in [0.25, 0.3) is 0 Å². The van der Waals surface area contributed by atoms with Crippen LogP contribution in [0, 0.1) is 15.9 Å². The summed E-state index contributed by atoms with van der Waals surface area (Å²) < 4.78 is 31.9. The Labute approximate surface area is 207 Å². The summed E-state index contributed by atoms with van der Waals surface area (Å²) in [7, 11) is 0. The van der Waals surface area contributed by atoms with E-state index in [1.807, 2.05) is 18.7 Å². The number of amides is 1. The van der Waals surface area contributed by atoms with Gasteiger partial charge in [0.05, 0.1) is 23.6 Å². The van der Waals surface area contributed by atoms with E-state index >= 15 is 0 Å². The zero-order valence-electron chi connectivity index (χ0n) is 20.9. The average molecular weight is 504 g/mol. The molecular formula is C24H30FN5O6. The van der Waals surface area contributed by atoms with Crippen LogP contribution in [0.15, 0.2) is 18.2 Å². The van der Waals surface area contributed by atoms with Crippen LogP contribution < -0.4 is 25.4 Å². The molecule has 0 spiro atoms. The van der Waals surface area contributed by atoms with Gasteiger partial charge >= 0.3 is 11.8 Å². The summed E-state index contributed by atoms with van der Waals surface area (Å²) in [6, 6.07) is 3.89. The molecule has 3 N–H and O–H groups in total. The Morgan fingerprint density at radius 1 is 1.42 bits per heavy atom. The number of carbonyl (C=O) groups excluding carboxylic acids is 1. The second kappa shape index (κ2) is 8.99. The summed E-state index contributed by atoms with van der Waals surface area (Å²) in [5.41, 5.74) is 5.30. The molecule has 0 bridgehead atoms. The second-order valence-electron chi connectivity index (χ2n) is 10.4. The molecule has 1 aromatic carbocycles. The highest BCUT2D eigenvalue weighted by atomic mass is 19.1. The highest BCUT2D eigenvalue weighted by Crippen LogP contribution is 2.42. The van der Waals surface area contributed by atoms with E-state index in [4.69, 9.17) is 19.9 Å². The van der Waals surface area contributed by atoms with E-state index < -0.39 is 28.0 Å². The Kier molecular flexibility index (Phi) is 6.31. The topological polar surface area (TPSA) is 142 Å². The van der Waals surface area contributed by atoms with Crippen molar-refractivity contribution in [3.05, 3.63) is 45.3 Å². The van der Waals surface area contributed by atoms with Crippen LogP contribution in [0.1, 0.15) is 45.7 Å². The number of ether oxygens (including phenoxy) is 3. The molecular weight excluding hydrogens is 473 g/mol. The van der Waals surface area contributed by atoms with Crippen LogP contribution in [0.25, 0.3) is 0 Å². The van der Waals surface area contributed by atoms with Gasteiger partial charge in [0.2, 0.25) is 5.82 Å². The Bertz CT molecular complexity index is 1220. The second-order valence-corrected chi connectivity index (χ2v) is 10.4. The summed E-state index contributed by atoms with van der Waals surface area (Å²) in [5, 5.41) is 14.0. The molecule has 2 aromatic rings. The van der Waals surface area contributed by atoms with E-state index in [0.717, 1.165) is 0 Å². The molecule has 11 nitrogen and oxygen atoms in total. The van der Waals surface area contributed by atoms with Crippen molar-refractivity contribution in [3.8, 4) is 11.5 Å². The highest BCUT2D eigenvalue weighted by molar-refractivity contribution is 5.68. The fourth-order valence-electron chi connectivity index (χ4n) is 4.32. The van der Waals surface area contributed by atoms with Crippen LogP contribution in [0.2, 0.25) is 0 Å². The number of carbonyl (C=O) groups is 1. The number of anilines is 2. The van der Waals surface area contributed by atoms with Gasteiger partial charge in [0.15, 0.2) is 11.6 Å². The Balaban J connectivity index is 1.58. The number of fused-ring (bicyclic) bond motifs is 2. The Morgan fingerprint density at radius 2 is 2.14 bits per heavy atom. The van der Waals surface area contributed by atoms with Crippen molar-refractivity contribution in [1.29, 1.82) is 0 Å². The Hall–Kier alpha value is -3.83. The third-order valence-corrected chi connectivity index (χ3v) is 5.92. The van der Waals surface area contributed by atoms with Crippen molar-refractivity contribution >= 4 is 23.4 Å². The molecule has 0 saturated carbocycles. The molecule has 4 rings (SSSR count). The van der Waals surface area contributed by atoms with Gasteiger partial charge in [0.1, 0.15) is 29.4 Å². The molecule has 36 heavy (non-hydrogen) atoms. The number of pyridine rings is 1. The van der Waals surface area contributed by atoms with Crippen LogP contribution in [0.4, 0.5) is 26.5 Å². The molecule has 0 fully saturated rings. The molecule has 1 aromatic heterocycles. The molecule has 1 amide bonds. The van der Waals surface area contributed by atoms with E-state index in [1.54, 1.807) is 20.8 Å². The zero-order valence-corrected chi connectivity index (χ0v) is 20.9. The molecule has 1 unspecified atom stereocenters. The number of nitrogens with two attached hydrogens (primary N) is 1. The van der Waals surface area contributed by atoms with Crippen molar-refractivity contribution in [2.24, 2.45) is 0 Å². The van der Waals surface area contributed by atoms with Crippen LogP contribution in [-0.4, -0.2) is 46.4 Å². The number of hydrogen-bond acceptors (Lipinski definition) is 9. The summed E-state index contributed by atoms with van der Waals surface area (Å²) in [4.78, 5) is 28.9. The van der Waals surface area contributed by atoms with E-state index in [1.165, 1.54) is 18.2 Å². The number of alkyl carbamates (subject to hydrolysis) is 1. The van der Waals surface area contributed by atoms with Crippen LogP contribution >= 0.6 is 0 Å². The predicted molar refractivity (Wildman–Crippen MR) is 130 cm³/mol. The summed E-state index contributed by atoms with van der Waals surface area (Å²) in [5.74, 6) is 0.438. The molecule has 3 heterocycles. The van der Waals surface area contributed by atoms with Gasteiger partial charge in [-0.2, -0.15) is 0 Å². The number of rotatable bonds is 5. The quantitative estimate of drug-likeness (QED) is 0.461. The minimum Gasteiger partial charge on any atom is -0.487 e. The summed E-state index contributed by atoms with van der Waals surface area (Å²) in [6.07, 6.45) is -0.179. The third kappa shape index (κ3) is 5.21. The number of nitrogens with zero attached hydrogens (tertiary/aromatic N) is 3. The SMILES string of the molecule is C[C@@H]1COc2cc([N+](=O)[O-])c(N)nc2N1Cc1cc(F)cc2c1OC(C)(CNC(=O)OC(C)(C)C)C2. The molecule has 0 radical (unpaired) electrons. The van der Waals surface area contributed by atoms with Crippen LogP contribution in [0.3, 0.4) is 0 Å². The van der Waals surface area contributed by atoms with E-state index in [9.17, 15) is 19.3 Å². The van der Waals surface area contributed by atoms with Gasteiger partial charge in [-0.05, 0) is 46.8 Å². The number of halogens is 1. The first kappa shape index (κ1) is 25.3. The molecule has 2 atom stereocenters. The van der Waals surface area contributed by atoms with E-state index in [-0.39, 0.29) is 43.0 Å². The number of hydrogen-bond donors (Lipinski definition) is 2. The molecule has 0 saturated heterocycles. The largest absolute Gasteiger partial charge is 0.487 e. The number of nitrogen functional groups attached to an aromatic ring is 1. The summed E-state index contributed by atoms with van der Waals surface area (Å²) >= 11 is 0. The van der Waals surface area contributed by atoms with Gasteiger partial charge in [0, 0.05) is 24.1 Å². The maximum atomic E-state index is 14.6. The molecule has 2 aliphatic rings. The van der Waals surface area contributed by atoms with Gasteiger partial charge in [-0.1, -0.05) is 0 Å². The van der Waals surface area contributed by atoms with E-state index in [0.29, 0.717) is 29.1 Å². The fraction of sp³-hybridized carbons (Fsp3) is 0.500. The minimum atomic E-state index is -0.806. The standard InChI is InChI=1S/C24H30FN5O6/c1-13-11-34-18-8-17(30(32)33)20(26)28-21(18)29(13)10-15-7-16(25)6-14-9-24(5,35-19(14)15)12-27-22(31)36-23(2,3)4/h6-8,13H,9-12H2,1-5H3,(H2,26,28)(H,27,31)/t13-,24?/m1/s1. The summed E-state index contributed by atoms with van der Waals surface area (Å²) in [6.45, 7) is 9.68. The first-order valence-corrected chi connectivity index (χ1v) is 11.6. The molecule has 194 valence electrons. The van der Waals surface area contributed by atoms with Gasteiger partial charge < -0.3 is 30.2 Å². The smallest absolute Gasteiger partial charge is 0.407 e. The number of nitro groups is 1. The van der Waals surface area contributed by atoms with Crippen molar-refractivity contribution in [2.45, 2.75) is 64.8 Å². The Morgan fingerprint density at radius 3 is 2.81 bits per heavy atom. The van der Waals surface area contributed by atoms with Crippen molar-refractivity contribution in [2.75, 3.05) is 23.8 Å². The monoisotopic (exact) mass is 503 g/mol. The van der Waals surface area contributed by atoms with Crippen LogP contribution in [0.5, 0.6) is 11.5 Å². The van der Waals surface area contributed by atoms with Gasteiger partial charge in [-0.3, -0.25) is 10.1 Å². The third-order valence-electron chi connectivity index (χ3n) is 5.92. The number of benzene rings is 1. The number of nitrogens with one attached hydrogen (secondary N) is 1. The van der Waals surface area contributed by atoms with Gasteiger partial charge in [-0.15, -0.1) is 0 Å². The highest BCUT2D eigenvalue weighted by Gasteiger charge is 2.39. The average Bonchev–Trinajstić information content (AvgIpc) is 3.09. The van der Waals surface area contributed by atoms with Gasteiger partial charge in [-0.25, -0.2) is 14.2 Å². The molecule has 12 heteroatoms. The lowest BCUT2D eigenvalue weighted by molar-refractivity contribution is -0.384. The normalized spacial score (nSPS) is 20.6. The first-order chi connectivity index (χ1) is 16.7. The lowest BCUT2D eigenvalue weighted by atomic mass is 9.98. The number of aromatic nitrogens is 1. The van der Waals surface area contributed by atoms with E-state index in [2.05, 4.69) is 10.3 Å². The lowest BCUT2D eigenvalue weighted by Gasteiger charge is -2.36. The fourth-order valence-corrected chi connectivity index (χ4v) is 4.32. The zero-order chi connectivity index (χ0) is 26.4. The molecule has 0 aliphatic carbocycles. The lowest BCUT2D eigenvalue weighted by Crippen LogP contribution is -2.45. The first-order valence-electron chi connectivity index (χ1n) is 11.6. The molecule has 2 aliphatic heterocycles. The maximum absolute atomic E-state index is 14.6. The maximum Gasteiger partial charge on any atom is 0.407 e. The van der Waals surface area contributed by atoms with Crippen molar-refractivity contribution < 1.29 is 28.3 Å². The van der Waals surface area contributed by atoms with Crippen molar-refractivity contribution in [3.63, 3.8) is 0 Å². The van der Waals surface area contributed by atoms with Crippen molar-refractivity contribution in [1.82, 2.24) is 10.3 Å².